The van der Waals surface area contributed by atoms with Gasteiger partial charge in [-0.3, -0.25) is 4.79 Å². The van der Waals surface area contributed by atoms with Gasteiger partial charge in [-0.05, 0) is 13.0 Å². The van der Waals surface area contributed by atoms with Crippen LogP contribution in [0.1, 0.15) is 6.92 Å². The van der Waals surface area contributed by atoms with Crippen LogP contribution in [0.5, 0.6) is 0 Å². The molecule has 2 aromatic heterocycles. The summed E-state index contributed by atoms with van der Waals surface area (Å²) in [6.45, 7) is 1.86. The average Bonchev–Trinajstić information content (AvgIpc) is 3.17. The minimum atomic E-state index is -0.313. The number of fused-ring (bicyclic) bond motifs is 1. The van der Waals surface area contributed by atoms with Gasteiger partial charge in [-0.15, -0.1) is 11.3 Å². The number of benzene rings is 2. The summed E-state index contributed by atoms with van der Waals surface area (Å²) in [5.41, 5.74) is 2.76. The lowest BCUT2D eigenvalue weighted by Gasteiger charge is -2.11. The molecule has 1 atom stereocenters. The van der Waals surface area contributed by atoms with E-state index in [4.69, 9.17) is 0 Å². The molecule has 2 aromatic carbocycles. The number of para-hydroxylation sites is 1. The SMILES string of the molecule is C[C@H](Sc1ncnc2ccccc12)C(=O)Nc1nc(-c2ccccc2)cs1. The fourth-order valence-electron chi connectivity index (χ4n) is 2.57. The number of aromatic nitrogens is 3. The third-order valence-electron chi connectivity index (χ3n) is 3.97. The first-order chi connectivity index (χ1) is 13.2. The van der Waals surface area contributed by atoms with Crippen molar-refractivity contribution in [2.24, 2.45) is 0 Å². The highest BCUT2D eigenvalue weighted by atomic mass is 32.2. The molecule has 4 aromatic rings. The maximum absolute atomic E-state index is 12.6. The van der Waals surface area contributed by atoms with Crippen molar-refractivity contribution in [3.63, 3.8) is 0 Å². The quantitative estimate of drug-likeness (QED) is 0.387. The summed E-state index contributed by atoms with van der Waals surface area (Å²) in [6.07, 6.45) is 1.53. The highest BCUT2D eigenvalue weighted by Crippen LogP contribution is 2.29. The number of nitrogens with zero attached hydrogens (tertiary/aromatic N) is 3. The van der Waals surface area contributed by atoms with Crippen molar-refractivity contribution >= 4 is 45.0 Å². The first kappa shape index (κ1) is 17.6. The molecular formula is C20H16N4OS2. The van der Waals surface area contributed by atoms with E-state index in [2.05, 4.69) is 20.3 Å². The third kappa shape index (κ3) is 3.99. The Bertz CT molecular complexity index is 1080. The Labute approximate surface area is 164 Å². The molecule has 5 nitrogen and oxygen atoms in total. The van der Waals surface area contributed by atoms with E-state index in [-0.39, 0.29) is 11.2 Å². The van der Waals surface area contributed by atoms with Crippen molar-refractivity contribution in [1.29, 1.82) is 0 Å². The Hall–Kier alpha value is -2.77. The lowest BCUT2D eigenvalue weighted by atomic mass is 10.2. The summed E-state index contributed by atoms with van der Waals surface area (Å²) in [4.78, 5) is 25.7. The first-order valence-corrected chi connectivity index (χ1v) is 10.1. The summed E-state index contributed by atoms with van der Waals surface area (Å²) >= 11 is 2.84. The van der Waals surface area contributed by atoms with E-state index in [1.807, 2.05) is 66.9 Å². The van der Waals surface area contributed by atoms with E-state index in [9.17, 15) is 4.79 Å². The number of anilines is 1. The maximum Gasteiger partial charge on any atom is 0.239 e. The highest BCUT2D eigenvalue weighted by Gasteiger charge is 2.18. The predicted octanol–water partition coefficient (Wildman–Crippen LogP) is 4.87. The van der Waals surface area contributed by atoms with Gasteiger partial charge >= 0.3 is 0 Å². The van der Waals surface area contributed by atoms with Crippen LogP contribution in [-0.4, -0.2) is 26.1 Å². The molecule has 1 N–H and O–H groups in total. The molecule has 0 bridgehead atoms. The second-order valence-electron chi connectivity index (χ2n) is 5.85. The molecule has 27 heavy (non-hydrogen) atoms. The third-order valence-corrected chi connectivity index (χ3v) is 5.84. The zero-order chi connectivity index (χ0) is 18.6. The number of amides is 1. The molecule has 134 valence electrons. The number of nitrogens with one attached hydrogen (secondary N) is 1. The number of hydrogen-bond acceptors (Lipinski definition) is 6. The first-order valence-electron chi connectivity index (χ1n) is 8.39. The second kappa shape index (κ2) is 7.85. The molecule has 0 aliphatic heterocycles. The van der Waals surface area contributed by atoms with E-state index in [0.29, 0.717) is 5.13 Å². The zero-order valence-electron chi connectivity index (χ0n) is 14.5. The Kier molecular flexibility index (Phi) is 5.13. The molecule has 1 amide bonds. The molecule has 0 unspecified atom stereocenters. The van der Waals surface area contributed by atoms with E-state index in [1.165, 1.54) is 29.4 Å². The predicted molar refractivity (Wildman–Crippen MR) is 111 cm³/mol. The average molecular weight is 393 g/mol. The van der Waals surface area contributed by atoms with Gasteiger partial charge in [0, 0.05) is 16.3 Å². The summed E-state index contributed by atoms with van der Waals surface area (Å²) in [5.74, 6) is -0.100. The summed E-state index contributed by atoms with van der Waals surface area (Å²) in [5, 5.41) is 6.88. The van der Waals surface area contributed by atoms with Crippen molar-refractivity contribution in [3.05, 3.63) is 66.3 Å². The standard InChI is InChI=1S/C20H16N4OS2/c1-13(27-19-15-9-5-6-10-16(15)21-12-22-19)18(25)24-20-23-17(11-26-20)14-7-3-2-4-8-14/h2-13H,1H3,(H,23,24,25)/t13-/m0/s1. The van der Waals surface area contributed by atoms with Crippen molar-refractivity contribution < 1.29 is 4.79 Å². The molecule has 0 saturated carbocycles. The minimum absolute atomic E-state index is 0.100. The van der Waals surface area contributed by atoms with E-state index in [1.54, 1.807) is 0 Å². The van der Waals surface area contributed by atoms with Crippen molar-refractivity contribution in [2.75, 3.05) is 5.32 Å². The second-order valence-corrected chi connectivity index (χ2v) is 8.04. The summed E-state index contributed by atoms with van der Waals surface area (Å²) in [7, 11) is 0. The molecule has 0 spiro atoms. The van der Waals surface area contributed by atoms with Gasteiger partial charge in [0.15, 0.2) is 5.13 Å². The number of rotatable bonds is 5. The Morgan fingerprint density at radius 3 is 2.70 bits per heavy atom. The fraction of sp³-hybridized carbons (Fsp3) is 0.100. The van der Waals surface area contributed by atoms with Gasteiger partial charge in [0.2, 0.25) is 5.91 Å². The zero-order valence-corrected chi connectivity index (χ0v) is 16.1. The van der Waals surface area contributed by atoms with Gasteiger partial charge < -0.3 is 5.32 Å². The maximum atomic E-state index is 12.6. The number of hydrogen-bond donors (Lipinski definition) is 1. The molecule has 0 saturated heterocycles. The van der Waals surface area contributed by atoms with Crippen molar-refractivity contribution in [3.8, 4) is 11.3 Å². The molecule has 2 heterocycles. The van der Waals surface area contributed by atoms with E-state index in [0.717, 1.165) is 27.2 Å². The number of thioether (sulfide) groups is 1. The molecule has 7 heteroatoms. The van der Waals surface area contributed by atoms with Crippen LogP contribution in [-0.2, 0) is 4.79 Å². The van der Waals surface area contributed by atoms with E-state index >= 15 is 0 Å². The van der Waals surface area contributed by atoms with Gasteiger partial charge in [0.1, 0.15) is 11.4 Å². The summed E-state index contributed by atoms with van der Waals surface area (Å²) in [6, 6.07) is 17.7. The van der Waals surface area contributed by atoms with Crippen LogP contribution in [0.3, 0.4) is 0 Å². The fourth-order valence-corrected chi connectivity index (χ4v) is 4.21. The lowest BCUT2D eigenvalue weighted by molar-refractivity contribution is -0.115. The Balaban J connectivity index is 1.46. The largest absolute Gasteiger partial charge is 0.301 e. The molecule has 0 aliphatic carbocycles. The van der Waals surface area contributed by atoms with Gasteiger partial charge in [0.25, 0.3) is 0 Å². The van der Waals surface area contributed by atoms with Gasteiger partial charge in [0.05, 0.1) is 16.5 Å². The van der Waals surface area contributed by atoms with Crippen LogP contribution in [0.2, 0.25) is 0 Å². The normalized spacial score (nSPS) is 12.0. The van der Waals surface area contributed by atoms with Crippen molar-refractivity contribution in [1.82, 2.24) is 15.0 Å². The van der Waals surface area contributed by atoms with Crippen LogP contribution in [0.15, 0.2) is 71.3 Å². The molecule has 4 rings (SSSR count). The van der Waals surface area contributed by atoms with Crippen LogP contribution in [0, 0.1) is 0 Å². The number of carbonyl (C=O) groups is 1. The Morgan fingerprint density at radius 2 is 1.85 bits per heavy atom. The van der Waals surface area contributed by atoms with Gasteiger partial charge in [-0.1, -0.05) is 60.3 Å². The van der Waals surface area contributed by atoms with Crippen LogP contribution >= 0.6 is 23.1 Å². The van der Waals surface area contributed by atoms with Crippen molar-refractivity contribution in [2.45, 2.75) is 17.2 Å². The summed E-state index contributed by atoms with van der Waals surface area (Å²) < 4.78 is 0. The van der Waals surface area contributed by atoms with Crippen LogP contribution in [0.25, 0.3) is 22.2 Å². The van der Waals surface area contributed by atoms with Crippen LogP contribution < -0.4 is 5.32 Å². The van der Waals surface area contributed by atoms with Gasteiger partial charge in [-0.2, -0.15) is 0 Å². The van der Waals surface area contributed by atoms with Crippen LogP contribution in [0.4, 0.5) is 5.13 Å². The molecule has 0 aliphatic rings. The molecular weight excluding hydrogens is 376 g/mol. The highest BCUT2D eigenvalue weighted by molar-refractivity contribution is 8.00. The van der Waals surface area contributed by atoms with Gasteiger partial charge in [-0.25, -0.2) is 15.0 Å². The van der Waals surface area contributed by atoms with E-state index < -0.39 is 0 Å². The minimum Gasteiger partial charge on any atom is -0.301 e. The monoisotopic (exact) mass is 392 g/mol. The number of carbonyl (C=O) groups excluding carboxylic acids is 1. The Morgan fingerprint density at radius 1 is 1.07 bits per heavy atom. The number of thiazole rings is 1. The molecule has 0 fully saturated rings. The smallest absolute Gasteiger partial charge is 0.239 e. The molecule has 0 radical (unpaired) electrons. The lowest BCUT2D eigenvalue weighted by Crippen LogP contribution is -2.22. The topological polar surface area (TPSA) is 67.8 Å².